The monoisotopic (exact) mass is 268 g/mol. The van der Waals surface area contributed by atoms with Gasteiger partial charge in [0.05, 0.1) is 5.69 Å². The zero-order valence-corrected chi connectivity index (χ0v) is 12.7. The first-order valence-corrected chi connectivity index (χ1v) is 7.01. The second kappa shape index (κ2) is 7.36. The Hall–Kier alpha value is -1.10. The maximum Gasteiger partial charge on any atom is 0.168 e. The average molecular weight is 268 g/mol. The van der Waals surface area contributed by atoms with E-state index in [0.717, 1.165) is 36.9 Å². The molecule has 1 aromatic heterocycles. The van der Waals surface area contributed by atoms with Gasteiger partial charge in [0.15, 0.2) is 5.11 Å². The molecule has 0 aromatic carbocycles. The highest BCUT2D eigenvalue weighted by atomic mass is 32.1. The SMILES string of the molecule is CCCCNC(=S)N(C)Cc1cn(CC)nc1C. The lowest BCUT2D eigenvalue weighted by molar-refractivity contribution is 0.486. The summed E-state index contributed by atoms with van der Waals surface area (Å²) in [7, 11) is 2.02. The Labute approximate surface area is 115 Å². The standard InChI is InChI=1S/C13H24N4S/c1-5-7-8-14-13(18)16(4)9-12-10-17(6-2)15-11(12)3/h10H,5-9H2,1-4H3,(H,14,18). The number of unbranched alkanes of at least 4 members (excludes halogenated alkanes) is 1. The van der Waals surface area contributed by atoms with E-state index in [-0.39, 0.29) is 0 Å². The van der Waals surface area contributed by atoms with Gasteiger partial charge in [-0.15, -0.1) is 0 Å². The number of nitrogens with one attached hydrogen (secondary N) is 1. The highest BCUT2D eigenvalue weighted by molar-refractivity contribution is 7.80. The predicted octanol–water partition coefficient (Wildman–Crippen LogP) is 2.32. The molecular formula is C13H24N4S. The van der Waals surface area contributed by atoms with Crippen LogP contribution in [-0.4, -0.2) is 33.4 Å². The van der Waals surface area contributed by atoms with Crippen molar-refractivity contribution in [2.24, 2.45) is 0 Å². The van der Waals surface area contributed by atoms with Gasteiger partial charge in [0.25, 0.3) is 0 Å². The van der Waals surface area contributed by atoms with Crippen LogP contribution in [0.4, 0.5) is 0 Å². The molecule has 0 aliphatic carbocycles. The molecule has 102 valence electrons. The molecule has 0 radical (unpaired) electrons. The zero-order valence-electron chi connectivity index (χ0n) is 11.9. The van der Waals surface area contributed by atoms with Crippen molar-refractivity contribution in [3.63, 3.8) is 0 Å². The summed E-state index contributed by atoms with van der Waals surface area (Å²) in [6.45, 7) is 8.98. The van der Waals surface area contributed by atoms with E-state index in [4.69, 9.17) is 12.2 Å². The van der Waals surface area contributed by atoms with Crippen molar-refractivity contribution in [1.29, 1.82) is 0 Å². The molecule has 0 aliphatic heterocycles. The van der Waals surface area contributed by atoms with E-state index in [1.54, 1.807) is 0 Å². The van der Waals surface area contributed by atoms with Crippen LogP contribution in [0.2, 0.25) is 0 Å². The van der Waals surface area contributed by atoms with Crippen molar-refractivity contribution in [1.82, 2.24) is 20.0 Å². The van der Waals surface area contributed by atoms with Crippen molar-refractivity contribution in [2.45, 2.75) is 46.7 Å². The number of thiocarbonyl (C=S) groups is 1. The van der Waals surface area contributed by atoms with E-state index in [9.17, 15) is 0 Å². The van der Waals surface area contributed by atoms with Gasteiger partial charge in [0, 0.05) is 38.4 Å². The third kappa shape index (κ3) is 4.29. The lowest BCUT2D eigenvalue weighted by atomic mass is 10.2. The van der Waals surface area contributed by atoms with Crippen LogP contribution in [0.5, 0.6) is 0 Å². The summed E-state index contributed by atoms with van der Waals surface area (Å²) in [6.07, 6.45) is 4.43. The minimum absolute atomic E-state index is 0.809. The molecule has 1 rings (SSSR count). The summed E-state index contributed by atoms with van der Waals surface area (Å²) in [4.78, 5) is 2.06. The fourth-order valence-corrected chi connectivity index (χ4v) is 1.88. The van der Waals surface area contributed by atoms with Gasteiger partial charge in [-0.2, -0.15) is 5.10 Å². The summed E-state index contributed by atoms with van der Waals surface area (Å²) < 4.78 is 1.96. The Morgan fingerprint density at radius 3 is 2.78 bits per heavy atom. The molecule has 0 fully saturated rings. The van der Waals surface area contributed by atoms with Gasteiger partial charge >= 0.3 is 0 Å². The second-order valence-corrected chi connectivity index (χ2v) is 4.92. The van der Waals surface area contributed by atoms with Gasteiger partial charge in [0.2, 0.25) is 0 Å². The van der Waals surface area contributed by atoms with Crippen molar-refractivity contribution in [3.05, 3.63) is 17.5 Å². The molecule has 0 aliphatic rings. The topological polar surface area (TPSA) is 33.1 Å². The van der Waals surface area contributed by atoms with Crippen molar-refractivity contribution >= 4 is 17.3 Å². The van der Waals surface area contributed by atoms with Crippen LogP contribution in [0, 0.1) is 6.92 Å². The van der Waals surface area contributed by atoms with Crippen LogP contribution < -0.4 is 5.32 Å². The minimum Gasteiger partial charge on any atom is -0.363 e. The molecule has 0 saturated heterocycles. The summed E-state index contributed by atoms with van der Waals surface area (Å²) in [6, 6.07) is 0. The van der Waals surface area contributed by atoms with Crippen LogP contribution >= 0.6 is 12.2 Å². The fraction of sp³-hybridized carbons (Fsp3) is 0.692. The molecule has 0 saturated carbocycles. The van der Waals surface area contributed by atoms with Crippen molar-refractivity contribution in [3.8, 4) is 0 Å². The second-order valence-electron chi connectivity index (χ2n) is 4.54. The van der Waals surface area contributed by atoms with Crippen LogP contribution in [0.3, 0.4) is 0 Å². The Kier molecular flexibility index (Phi) is 6.12. The lowest BCUT2D eigenvalue weighted by Crippen LogP contribution is -2.37. The molecule has 0 unspecified atom stereocenters. The van der Waals surface area contributed by atoms with Crippen LogP contribution in [0.15, 0.2) is 6.20 Å². The summed E-state index contributed by atoms with van der Waals surface area (Å²) in [5.74, 6) is 0. The Morgan fingerprint density at radius 1 is 1.50 bits per heavy atom. The Morgan fingerprint density at radius 2 is 2.22 bits per heavy atom. The van der Waals surface area contributed by atoms with E-state index in [1.165, 1.54) is 12.0 Å². The quantitative estimate of drug-likeness (QED) is 0.634. The molecule has 0 amide bonds. The Bertz CT molecular complexity index is 386. The van der Waals surface area contributed by atoms with Crippen LogP contribution in [0.25, 0.3) is 0 Å². The van der Waals surface area contributed by atoms with Gasteiger partial charge in [-0.1, -0.05) is 13.3 Å². The van der Waals surface area contributed by atoms with Crippen LogP contribution in [-0.2, 0) is 13.1 Å². The molecule has 1 aromatic rings. The van der Waals surface area contributed by atoms with Gasteiger partial charge in [-0.05, 0) is 32.5 Å². The van der Waals surface area contributed by atoms with E-state index < -0.39 is 0 Å². The number of rotatable bonds is 6. The van der Waals surface area contributed by atoms with E-state index in [1.807, 2.05) is 18.7 Å². The average Bonchev–Trinajstić information content (AvgIpc) is 2.70. The molecule has 4 nitrogen and oxygen atoms in total. The van der Waals surface area contributed by atoms with E-state index in [2.05, 4.69) is 35.4 Å². The molecule has 5 heteroatoms. The first-order valence-electron chi connectivity index (χ1n) is 6.60. The van der Waals surface area contributed by atoms with E-state index in [0.29, 0.717) is 0 Å². The Balaban J connectivity index is 2.49. The van der Waals surface area contributed by atoms with Crippen molar-refractivity contribution in [2.75, 3.05) is 13.6 Å². The largest absolute Gasteiger partial charge is 0.363 e. The molecular weight excluding hydrogens is 244 g/mol. The molecule has 1 N–H and O–H groups in total. The van der Waals surface area contributed by atoms with Gasteiger partial charge in [-0.25, -0.2) is 0 Å². The van der Waals surface area contributed by atoms with Crippen LogP contribution in [0.1, 0.15) is 37.9 Å². The molecule has 0 bridgehead atoms. The highest BCUT2D eigenvalue weighted by Gasteiger charge is 2.09. The lowest BCUT2D eigenvalue weighted by Gasteiger charge is -2.20. The summed E-state index contributed by atoms with van der Waals surface area (Å²) in [5, 5.41) is 8.53. The van der Waals surface area contributed by atoms with Gasteiger partial charge in [0.1, 0.15) is 0 Å². The first-order chi connectivity index (χ1) is 8.58. The maximum atomic E-state index is 5.36. The summed E-state index contributed by atoms with van der Waals surface area (Å²) in [5.41, 5.74) is 2.32. The number of aromatic nitrogens is 2. The maximum absolute atomic E-state index is 5.36. The normalized spacial score (nSPS) is 10.4. The molecule has 0 atom stereocenters. The van der Waals surface area contributed by atoms with Gasteiger partial charge < -0.3 is 10.2 Å². The third-order valence-corrected chi connectivity index (χ3v) is 3.39. The molecule has 0 spiro atoms. The third-order valence-electron chi connectivity index (χ3n) is 2.93. The highest BCUT2D eigenvalue weighted by Crippen LogP contribution is 2.08. The number of hydrogen-bond donors (Lipinski definition) is 1. The van der Waals surface area contributed by atoms with Gasteiger partial charge in [-0.3, -0.25) is 4.68 Å². The first kappa shape index (κ1) is 15.0. The zero-order chi connectivity index (χ0) is 13.5. The number of aryl methyl sites for hydroxylation is 2. The smallest absolute Gasteiger partial charge is 0.168 e. The van der Waals surface area contributed by atoms with Crippen molar-refractivity contribution < 1.29 is 0 Å². The molecule has 18 heavy (non-hydrogen) atoms. The fourth-order valence-electron chi connectivity index (χ4n) is 1.71. The summed E-state index contributed by atoms with van der Waals surface area (Å²) >= 11 is 5.36. The predicted molar refractivity (Wildman–Crippen MR) is 79.6 cm³/mol. The number of nitrogens with zero attached hydrogens (tertiary/aromatic N) is 3. The van der Waals surface area contributed by atoms with E-state index >= 15 is 0 Å². The molecule has 1 heterocycles. The number of hydrogen-bond acceptors (Lipinski definition) is 2. The minimum atomic E-state index is 0.809.